The molecular weight excluding hydrogens is 311 g/mol. The Morgan fingerprint density at radius 2 is 2.06 bits per heavy atom. The van der Waals surface area contributed by atoms with E-state index in [4.69, 9.17) is 0 Å². The van der Waals surface area contributed by atoms with Crippen LogP contribution < -0.4 is 5.32 Å². The topological polar surface area (TPSA) is 29.1 Å². The fourth-order valence-corrected chi connectivity index (χ4v) is 1.85. The Morgan fingerprint density at radius 1 is 1.39 bits per heavy atom. The largest absolute Gasteiger partial charge is 0.389 e. The minimum Gasteiger partial charge on any atom is -0.352 e. The van der Waals surface area contributed by atoms with Crippen molar-refractivity contribution in [2.75, 3.05) is 6.54 Å². The van der Waals surface area contributed by atoms with E-state index >= 15 is 0 Å². The summed E-state index contributed by atoms with van der Waals surface area (Å²) in [6, 6.07) is 5.19. The highest BCUT2D eigenvalue weighted by molar-refractivity contribution is 9.10. The van der Waals surface area contributed by atoms with Crippen LogP contribution in [-0.4, -0.2) is 18.6 Å². The molecule has 0 aliphatic heterocycles. The van der Waals surface area contributed by atoms with Gasteiger partial charge in [-0.15, -0.1) is 0 Å². The Labute approximate surface area is 112 Å². The molecule has 0 saturated carbocycles. The smallest absolute Gasteiger partial charge is 0.352 e. The second kappa shape index (κ2) is 6.22. The van der Waals surface area contributed by atoms with Crippen LogP contribution in [0.5, 0.6) is 0 Å². The van der Waals surface area contributed by atoms with Crippen LogP contribution in [0, 0.1) is 6.92 Å². The summed E-state index contributed by atoms with van der Waals surface area (Å²) in [5, 5.41) is 2.47. The quantitative estimate of drug-likeness (QED) is 0.838. The summed E-state index contributed by atoms with van der Waals surface area (Å²) >= 11 is 3.28. The van der Waals surface area contributed by atoms with Gasteiger partial charge in [-0.3, -0.25) is 4.79 Å². The third kappa shape index (κ3) is 4.68. The average molecular weight is 324 g/mol. The maximum Gasteiger partial charge on any atom is 0.389 e. The molecule has 0 aromatic heterocycles. The van der Waals surface area contributed by atoms with E-state index in [1.54, 1.807) is 12.1 Å². The first-order chi connectivity index (χ1) is 8.31. The zero-order chi connectivity index (χ0) is 13.8. The summed E-state index contributed by atoms with van der Waals surface area (Å²) in [6.45, 7) is 1.85. The van der Waals surface area contributed by atoms with Gasteiger partial charge in [0.1, 0.15) is 0 Å². The Morgan fingerprint density at radius 3 is 2.67 bits per heavy atom. The maximum atomic E-state index is 11.9. The zero-order valence-electron chi connectivity index (χ0n) is 9.77. The normalized spacial score (nSPS) is 11.4. The van der Waals surface area contributed by atoms with Crippen molar-refractivity contribution >= 4 is 21.8 Å². The van der Waals surface area contributed by atoms with E-state index in [2.05, 4.69) is 21.2 Å². The van der Waals surface area contributed by atoms with Crippen LogP contribution in [0.1, 0.15) is 28.8 Å². The number of nitrogens with one attached hydrogen (secondary N) is 1. The highest BCUT2D eigenvalue weighted by atomic mass is 79.9. The molecule has 6 heteroatoms. The van der Waals surface area contributed by atoms with Crippen molar-refractivity contribution in [2.45, 2.75) is 25.9 Å². The second-order valence-corrected chi connectivity index (χ2v) is 4.70. The van der Waals surface area contributed by atoms with Gasteiger partial charge in [0.15, 0.2) is 0 Å². The van der Waals surface area contributed by atoms with Gasteiger partial charge in [-0.1, -0.05) is 12.1 Å². The van der Waals surface area contributed by atoms with Crippen molar-refractivity contribution in [2.24, 2.45) is 0 Å². The van der Waals surface area contributed by atoms with E-state index in [0.29, 0.717) is 10.0 Å². The number of rotatable bonds is 4. The summed E-state index contributed by atoms with van der Waals surface area (Å²) in [5.41, 5.74) is 1.33. The second-order valence-electron chi connectivity index (χ2n) is 3.91. The summed E-state index contributed by atoms with van der Waals surface area (Å²) < 4.78 is 36.4. The van der Waals surface area contributed by atoms with Crippen molar-refractivity contribution in [1.82, 2.24) is 5.32 Å². The van der Waals surface area contributed by atoms with Crippen LogP contribution in [0.25, 0.3) is 0 Å². The van der Waals surface area contributed by atoms with Gasteiger partial charge in [-0.2, -0.15) is 13.2 Å². The summed E-state index contributed by atoms with van der Waals surface area (Å²) in [7, 11) is 0. The van der Waals surface area contributed by atoms with Crippen LogP contribution in [0.4, 0.5) is 13.2 Å². The molecule has 0 atom stereocenters. The number of alkyl halides is 3. The maximum absolute atomic E-state index is 11.9. The molecule has 0 fully saturated rings. The Bertz CT molecular complexity index is 432. The molecule has 18 heavy (non-hydrogen) atoms. The lowest BCUT2D eigenvalue weighted by Gasteiger charge is -2.09. The molecule has 0 radical (unpaired) electrons. The molecule has 0 saturated heterocycles. The van der Waals surface area contributed by atoms with E-state index < -0.39 is 12.6 Å². The molecule has 0 aliphatic carbocycles. The van der Waals surface area contributed by atoms with E-state index in [9.17, 15) is 18.0 Å². The fourth-order valence-electron chi connectivity index (χ4n) is 1.41. The number of carbonyl (C=O) groups excluding carboxylic acids is 1. The van der Waals surface area contributed by atoms with Crippen molar-refractivity contribution in [3.63, 3.8) is 0 Å². The first kappa shape index (κ1) is 15.0. The Balaban J connectivity index is 2.49. The Kier molecular flexibility index (Phi) is 5.19. The number of hydrogen-bond donors (Lipinski definition) is 1. The molecule has 0 heterocycles. The molecule has 0 unspecified atom stereocenters. The minimum absolute atomic E-state index is 0.0126. The number of amides is 1. The van der Waals surface area contributed by atoms with Gasteiger partial charge in [0.25, 0.3) is 5.91 Å². The van der Waals surface area contributed by atoms with Crippen LogP contribution in [0.2, 0.25) is 0 Å². The van der Waals surface area contributed by atoms with E-state index in [0.717, 1.165) is 5.56 Å². The van der Waals surface area contributed by atoms with E-state index in [1.807, 2.05) is 13.0 Å². The van der Waals surface area contributed by atoms with Crippen molar-refractivity contribution in [1.29, 1.82) is 0 Å². The SMILES string of the molecule is Cc1cccc(C(=O)NCCCC(F)(F)F)c1Br. The minimum atomic E-state index is -4.17. The molecular formula is C12H13BrF3NO. The Hall–Kier alpha value is -1.04. The molecule has 0 spiro atoms. The van der Waals surface area contributed by atoms with Gasteiger partial charge in [-0.05, 0) is 40.9 Å². The lowest BCUT2D eigenvalue weighted by molar-refractivity contribution is -0.135. The van der Waals surface area contributed by atoms with Crippen LogP contribution >= 0.6 is 15.9 Å². The van der Waals surface area contributed by atoms with Crippen LogP contribution in [0.3, 0.4) is 0 Å². The predicted molar refractivity (Wildman–Crippen MR) is 66.5 cm³/mol. The molecule has 0 bridgehead atoms. The van der Waals surface area contributed by atoms with Crippen molar-refractivity contribution < 1.29 is 18.0 Å². The fraction of sp³-hybridized carbons (Fsp3) is 0.417. The third-order valence-electron chi connectivity index (χ3n) is 2.36. The number of benzene rings is 1. The molecule has 1 aromatic rings. The van der Waals surface area contributed by atoms with Gasteiger partial charge in [0.05, 0.1) is 5.56 Å². The van der Waals surface area contributed by atoms with Gasteiger partial charge in [0.2, 0.25) is 0 Å². The number of hydrogen-bond acceptors (Lipinski definition) is 1. The molecule has 1 rings (SSSR count). The summed E-state index contributed by atoms with van der Waals surface area (Å²) in [6.07, 6.45) is -5.17. The highest BCUT2D eigenvalue weighted by Gasteiger charge is 2.26. The van der Waals surface area contributed by atoms with Crippen molar-refractivity contribution in [3.05, 3.63) is 33.8 Å². The van der Waals surface area contributed by atoms with Gasteiger partial charge < -0.3 is 5.32 Å². The zero-order valence-corrected chi connectivity index (χ0v) is 11.4. The predicted octanol–water partition coefficient (Wildman–Crippen LogP) is 3.83. The van der Waals surface area contributed by atoms with Crippen molar-refractivity contribution in [3.8, 4) is 0 Å². The third-order valence-corrected chi connectivity index (χ3v) is 3.41. The molecule has 100 valence electrons. The number of halogens is 4. The van der Waals surface area contributed by atoms with Crippen LogP contribution in [-0.2, 0) is 0 Å². The standard InChI is InChI=1S/C12H13BrF3NO/c1-8-4-2-5-9(10(8)13)11(18)17-7-3-6-12(14,15)16/h2,4-5H,3,6-7H2,1H3,(H,17,18). The molecule has 1 amide bonds. The molecule has 0 aliphatic rings. The van der Waals surface area contributed by atoms with Crippen LogP contribution in [0.15, 0.2) is 22.7 Å². The van der Waals surface area contributed by atoms with Gasteiger partial charge in [0, 0.05) is 17.4 Å². The lowest BCUT2D eigenvalue weighted by atomic mass is 10.1. The van der Waals surface area contributed by atoms with E-state index in [1.165, 1.54) is 0 Å². The highest BCUT2D eigenvalue weighted by Crippen LogP contribution is 2.22. The van der Waals surface area contributed by atoms with Gasteiger partial charge >= 0.3 is 6.18 Å². The molecule has 2 nitrogen and oxygen atoms in total. The first-order valence-electron chi connectivity index (χ1n) is 5.41. The number of aryl methyl sites for hydroxylation is 1. The average Bonchev–Trinajstić information content (AvgIpc) is 2.26. The van der Waals surface area contributed by atoms with E-state index in [-0.39, 0.29) is 18.9 Å². The summed E-state index contributed by atoms with van der Waals surface area (Å²) in [5.74, 6) is -0.368. The molecule has 1 N–H and O–H groups in total. The lowest BCUT2D eigenvalue weighted by Crippen LogP contribution is -2.26. The molecule has 1 aromatic carbocycles. The monoisotopic (exact) mass is 323 g/mol. The summed E-state index contributed by atoms with van der Waals surface area (Å²) in [4.78, 5) is 11.7. The number of carbonyl (C=O) groups is 1. The first-order valence-corrected chi connectivity index (χ1v) is 6.20. The van der Waals surface area contributed by atoms with Gasteiger partial charge in [-0.25, -0.2) is 0 Å².